The molecular weight excluding hydrogens is 318 g/mol. The predicted octanol–water partition coefficient (Wildman–Crippen LogP) is 0.790. The molecule has 0 bridgehead atoms. The minimum absolute atomic E-state index is 0. The van der Waals surface area contributed by atoms with Crippen LogP contribution in [0, 0.1) is 0 Å². The van der Waals surface area contributed by atoms with E-state index in [0.29, 0.717) is 19.5 Å². The topological polar surface area (TPSA) is 61.9 Å². The maximum Gasteiger partial charge on any atom is 0.240 e. The highest BCUT2D eigenvalue weighted by Gasteiger charge is 2.33. The van der Waals surface area contributed by atoms with Gasteiger partial charge in [0.05, 0.1) is 18.6 Å². The van der Waals surface area contributed by atoms with Crippen LogP contribution in [-0.4, -0.2) is 73.1 Å². The lowest BCUT2D eigenvalue weighted by molar-refractivity contribution is -0.142. The normalized spacial score (nSPS) is 28.6. The summed E-state index contributed by atoms with van der Waals surface area (Å²) in [4.78, 5) is 28.7. The highest BCUT2D eigenvalue weighted by molar-refractivity contribution is 5.89. The first-order chi connectivity index (χ1) is 10.7. The molecule has 0 aromatic heterocycles. The number of hydrogen-bond donors (Lipinski definition) is 1. The number of piperazine rings is 1. The number of hydrogen-bond acceptors (Lipinski definition) is 4. The molecule has 0 aromatic carbocycles. The Labute approximate surface area is 144 Å². The van der Waals surface area contributed by atoms with Gasteiger partial charge < -0.3 is 19.9 Å². The Morgan fingerprint density at radius 3 is 2.65 bits per heavy atom. The zero-order chi connectivity index (χ0) is 15.4. The molecule has 3 rings (SSSR count). The number of nitrogens with one attached hydrogen (secondary N) is 1. The first-order valence-electron chi connectivity index (χ1n) is 8.65. The largest absolute Gasteiger partial charge is 0.376 e. The molecule has 0 spiro atoms. The van der Waals surface area contributed by atoms with Crippen LogP contribution in [0.3, 0.4) is 0 Å². The van der Waals surface area contributed by atoms with E-state index in [0.717, 1.165) is 51.9 Å². The molecule has 7 heteroatoms. The van der Waals surface area contributed by atoms with Gasteiger partial charge in [0.15, 0.2) is 0 Å². The van der Waals surface area contributed by atoms with Crippen molar-refractivity contribution < 1.29 is 14.3 Å². The third kappa shape index (κ3) is 4.81. The fourth-order valence-corrected chi connectivity index (χ4v) is 3.61. The molecule has 1 N–H and O–H groups in total. The highest BCUT2D eigenvalue weighted by Crippen LogP contribution is 2.16. The zero-order valence-electron chi connectivity index (χ0n) is 13.7. The first kappa shape index (κ1) is 18.5. The molecule has 0 radical (unpaired) electrons. The zero-order valence-corrected chi connectivity index (χ0v) is 14.5. The van der Waals surface area contributed by atoms with Crippen LogP contribution in [0.1, 0.15) is 38.5 Å². The van der Waals surface area contributed by atoms with Gasteiger partial charge in [-0.2, -0.15) is 0 Å². The van der Waals surface area contributed by atoms with E-state index in [1.807, 2.05) is 9.80 Å². The Balaban J connectivity index is 0.00000192. The smallest absolute Gasteiger partial charge is 0.240 e. The monoisotopic (exact) mass is 345 g/mol. The van der Waals surface area contributed by atoms with Gasteiger partial charge in [-0.25, -0.2) is 0 Å². The third-order valence-electron chi connectivity index (χ3n) is 4.92. The van der Waals surface area contributed by atoms with Crippen molar-refractivity contribution >= 4 is 24.2 Å². The van der Waals surface area contributed by atoms with Gasteiger partial charge in [0, 0.05) is 39.3 Å². The Kier molecular flexibility index (Phi) is 7.11. The molecule has 2 amide bonds. The molecule has 2 atom stereocenters. The predicted molar refractivity (Wildman–Crippen MR) is 89.6 cm³/mol. The van der Waals surface area contributed by atoms with E-state index in [2.05, 4.69) is 5.32 Å². The van der Waals surface area contributed by atoms with Crippen LogP contribution in [0.2, 0.25) is 0 Å². The number of likely N-dealkylation sites (tertiary alicyclic amines) is 1. The Bertz CT molecular complexity index is 409. The van der Waals surface area contributed by atoms with Gasteiger partial charge in [-0.15, -0.1) is 12.4 Å². The Hall–Kier alpha value is -0.850. The maximum atomic E-state index is 12.6. The van der Waals surface area contributed by atoms with E-state index in [1.54, 1.807) is 0 Å². The van der Waals surface area contributed by atoms with Crippen molar-refractivity contribution in [3.8, 4) is 0 Å². The van der Waals surface area contributed by atoms with Crippen LogP contribution < -0.4 is 5.32 Å². The van der Waals surface area contributed by atoms with Crippen molar-refractivity contribution in [2.24, 2.45) is 0 Å². The summed E-state index contributed by atoms with van der Waals surface area (Å²) in [5.41, 5.74) is 0. The molecule has 3 aliphatic rings. The molecule has 3 saturated heterocycles. The molecule has 132 valence electrons. The Morgan fingerprint density at radius 2 is 1.96 bits per heavy atom. The average Bonchev–Trinajstić information content (AvgIpc) is 3.05. The number of nitrogens with zero attached hydrogens (tertiary/aromatic N) is 2. The number of piperidine rings is 1. The van der Waals surface area contributed by atoms with E-state index in [1.165, 1.54) is 6.42 Å². The second-order valence-corrected chi connectivity index (χ2v) is 6.57. The molecule has 6 nitrogen and oxygen atoms in total. The van der Waals surface area contributed by atoms with Crippen LogP contribution in [0.25, 0.3) is 0 Å². The molecule has 3 fully saturated rings. The standard InChI is InChI=1S/C16H27N3O3.ClH/c20-15(18-7-2-1-3-8-18)11-14-16(21)19(9-6-17-14)12-13-5-4-10-22-13;/h13-14,17H,1-12H2;1H. The van der Waals surface area contributed by atoms with E-state index in [-0.39, 0.29) is 36.4 Å². The maximum absolute atomic E-state index is 12.6. The minimum Gasteiger partial charge on any atom is -0.376 e. The summed E-state index contributed by atoms with van der Waals surface area (Å²) < 4.78 is 5.63. The van der Waals surface area contributed by atoms with Gasteiger partial charge in [-0.1, -0.05) is 0 Å². The number of amides is 2. The summed E-state index contributed by atoms with van der Waals surface area (Å²) in [6, 6.07) is -0.357. The van der Waals surface area contributed by atoms with Gasteiger partial charge in [0.2, 0.25) is 11.8 Å². The molecule has 0 aromatic rings. The van der Waals surface area contributed by atoms with Crippen LogP contribution in [-0.2, 0) is 14.3 Å². The second kappa shape index (κ2) is 8.85. The molecule has 23 heavy (non-hydrogen) atoms. The number of ether oxygens (including phenoxy) is 1. The van der Waals surface area contributed by atoms with Crippen LogP contribution in [0.5, 0.6) is 0 Å². The van der Waals surface area contributed by atoms with Crippen molar-refractivity contribution in [2.45, 2.75) is 50.7 Å². The summed E-state index contributed by atoms with van der Waals surface area (Å²) in [5, 5.41) is 3.21. The van der Waals surface area contributed by atoms with E-state index in [9.17, 15) is 9.59 Å². The number of halogens is 1. The number of carbonyl (C=O) groups is 2. The lowest BCUT2D eigenvalue weighted by atomic mass is 10.1. The lowest BCUT2D eigenvalue weighted by Gasteiger charge is -2.35. The fourth-order valence-electron chi connectivity index (χ4n) is 3.61. The van der Waals surface area contributed by atoms with Crippen molar-refractivity contribution in [3.63, 3.8) is 0 Å². The fraction of sp³-hybridized carbons (Fsp3) is 0.875. The average molecular weight is 346 g/mol. The second-order valence-electron chi connectivity index (χ2n) is 6.57. The van der Waals surface area contributed by atoms with Crippen molar-refractivity contribution in [2.75, 3.05) is 39.3 Å². The van der Waals surface area contributed by atoms with Gasteiger partial charge >= 0.3 is 0 Å². The summed E-state index contributed by atoms with van der Waals surface area (Å²) in [6.07, 6.45) is 5.98. The number of carbonyl (C=O) groups excluding carboxylic acids is 2. The van der Waals surface area contributed by atoms with E-state index in [4.69, 9.17) is 4.74 Å². The third-order valence-corrected chi connectivity index (χ3v) is 4.92. The van der Waals surface area contributed by atoms with Gasteiger partial charge in [0.1, 0.15) is 0 Å². The van der Waals surface area contributed by atoms with E-state index < -0.39 is 0 Å². The van der Waals surface area contributed by atoms with Crippen molar-refractivity contribution in [3.05, 3.63) is 0 Å². The quantitative estimate of drug-likeness (QED) is 0.818. The summed E-state index contributed by atoms with van der Waals surface area (Å²) in [5.74, 6) is 0.177. The highest BCUT2D eigenvalue weighted by atomic mass is 35.5. The molecular formula is C16H28ClN3O3. The minimum atomic E-state index is -0.357. The summed E-state index contributed by atoms with van der Waals surface area (Å²) >= 11 is 0. The number of rotatable bonds is 4. The first-order valence-corrected chi connectivity index (χ1v) is 8.65. The molecule has 3 aliphatic heterocycles. The van der Waals surface area contributed by atoms with Crippen LogP contribution in [0.4, 0.5) is 0 Å². The molecule has 0 aliphatic carbocycles. The van der Waals surface area contributed by atoms with Gasteiger partial charge in [-0.3, -0.25) is 9.59 Å². The summed E-state index contributed by atoms with van der Waals surface area (Å²) in [7, 11) is 0. The van der Waals surface area contributed by atoms with Gasteiger partial charge in [-0.05, 0) is 32.1 Å². The molecule has 3 heterocycles. The summed E-state index contributed by atoms with van der Waals surface area (Å²) in [6.45, 7) is 4.65. The van der Waals surface area contributed by atoms with Crippen molar-refractivity contribution in [1.29, 1.82) is 0 Å². The van der Waals surface area contributed by atoms with Crippen LogP contribution >= 0.6 is 12.4 Å². The molecule has 2 unspecified atom stereocenters. The Morgan fingerprint density at radius 1 is 1.17 bits per heavy atom. The van der Waals surface area contributed by atoms with E-state index >= 15 is 0 Å². The van der Waals surface area contributed by atoms with Crippen molar-refractivity contribution in [1.82, 2.24) is 15.1 Å². The SMILES string of the molecule is Cl.O=C(CC1NCCN(CC2CCCO2)C1=O)N1CCCCC1. The van der Waals surface area contributed by atoms with Gasteiger partial charge in [0.25, 0.3) is 0 Å². The molecule has 0 saturated carbocycles. The van der Waals surface area contributed by atoms with Crippen LogP contribution in [0.15, 0.2) is 0 Å². The lowest BCUT2D eigenvalue weighted by Crippen LogP contribution is -2.57.